The number of carbonyl (C=O) groups excluding carboxylic acids is 1. The summed E-state index contributed by atoms with van der Waals surface area (Å²) in [6.45, 7) is 3.08. The number of carbonyl (C=O) groups is 1. The average Bonchev–Trinajstić information content (AvgIpc) is 3.63. The quantitative estimate of drug-likeness (QED) is 0.128. The largest absolute Gasteiger partial charge is 0.383 e. The number of imidazole rings is 1. The van der Waals surface area contributed by atoms with E-state index in [1.807, 2.05) is 29.2 Å². The van der Waals surface area contributed by atoms with Crippen molar-refractivity contribution < 1.29 is 18.3 Å². The number of aromatic nitrogens is 3. The molecule has 0 saturated heterocycles. The summed E-state index contributed by atoms with van der Waals surface area (Å²) in [5.41, 5.74) is 4.26. The molecule has 0 radical (unpaired) electrons. The van der Waals surface area contributed by atoms with Gasteiger partial charge in [0.2, 0.25) is 5.91 Å². The maximum absolute atomic E-state index is 15.2. The highest BCUT2D eigenvalue weighted by atomic mass is 32.1. The lowest BCUT2D eigenvalue weighted by Crippen LogP contribution is -2.35. The number of hydrogen-bond acceptors (Lipinski definition) is 7. The Bertz CT molecular complexity index is 1720. The number of nitrogens with one attached hydrogen (secondary N) is 3. The molecule has 222 valence electrons. The summed E-state index contributed by atoms with van der Waals surface area (Å²) in [7, 11) is 1.68. The van der Waals surface area contributed by atoms with E-state index in [1.165, 1.54) is 30.3 Å². The van der Waals surface area contributed by atoms with Gasteiger partial charge in [-0.2, -0.15) is 0 Å². The Morgan fingerprint density at radius 2 is 1.88 bits per heavy atom. The number of anilines is 1. The van der Waals surface area contributed by atoms with Crippen molar-refractivity contribution >= 4 is 50.5 Å². The molecule has 5 rings (SSSR count). The van der Waals surface area contributed by atoms with E-state index in [-0.39, 0.29) is 23.3 Å². The highest BCUT2D eigenvalue weighted by Crippen LogP contribution is 2.34. The zero-order chi connectivity index (χ0) is 30.2. The van der Waals surface area contributed by atoms with Crippen molar-refractivity contribution in [2.75, 3.05) is 32.1 Å². The first-order valence-corrected chi connectivity index (χ1v) is 14.8. The number of thiophene rings is 1. The van der Waals surface area contributed by atoms with Gasteiger partial charge in [0.1, 0.15) is 11.6 Å². The number of hydrogen-bond donors (Lipinski definition) is 3. The number of rotatable bonds is 12. The Hall–Kier alpha value is -4.10. The molecule has 3 heterocycles. The molecule has 0 atom stereocenters. The molecular formula is C31H30F2N6O2S2. The van der Waals surface area contributed by atoms with Gasteiger partial charge in [-0.15, -0.1) is 11.3 Å². The molecule has 0 saturated carbocycles. The monoisotopic (exact) mass is 620 g/mol. The topological polar surface area (TPSA) is 93.1 Å². The molecule has 1 amide bonds. The van der Waals surface area contributed by atoms with Crippen LogP contribution < -0.4 is 16.0 Å². The summed E-state index contributed by atoms with van der Waals surface area (Å²) < 4.78 is 36.3. The lowest BCUT2D eigenvalue weighted by Gasteiger charge is -2.11. The van der Waals surface area contributed by atoms with Crippen LogP contribution in [-0.4, -0.2) is 52.4 Å². The first-order chi connectivity index (χ1) is 20.9. The van der Waals surface area contributed by atoms with Crippen LogP contribution in [0.15, 0.2) is 73.3 Å². The molecule has 3 aromatic heterocycles. The standard InChI is InChI=1S/C31H30F2N6O2S2/c1-41-13-11-34-10-12-39-18-27(36-19-39)28-17-26-30(43-28)22(8-9-35-26)15-21-4-7-24(16-25(21)33)37-31(42)38-29(40)14-20-2-5-23(32)6-3-20/h2-9,16-19,34H,10-15H2,1H3,(H2,37,38,40,42). The molecule has 3 N–H and O–H groups in total. The van der Waals surface area contributed by atoms with Crippen LogP contribution in [0.1, 0.15) is 16.7 Å². The predicted octanol–water partition coefficient (Wildman–Crippen LogP) is 5.32. The number of fused-ring (bicyclic) bond motifs is 1. The zero-order valence-electron chi connectivity index (χ0n) is 23.4. The first kappa shape index (κ1) is 30.4. The lowest BCUT2D eigenvalue weighted by atomic mass is 10.0. The fourth-order valence-corrected chi connectivity index (χ4v) is 5.79. The van der Waals surface area contributed by atoms with Crippen LogP contribution in [-0.2, 0) is 28.9 Å². The minimum atomic E-state index is -0.398. The van der Waals surface area contributed by atoms with Gasteiger partial charge in [-0.3, -0.25) is 9.78 Å². The summed E-state index contributed by atoms with van der Waals surface area (Å²) in [6.07, 6.45) is 5.99. The van der Waals surface area contributed by atoms with E-state index in [2.05, 4.69) is 25.9 Å². The van der Waals surface area contributed by atoms with E-state index in [1.54, 1.807) is 36.8 Å². The van der Waals surface area contributed by atoms with Crippen LogP contribution in [0.2, 0.25) is 0 Å². The number of ether oxygens (including phenoxy) is 1. The van der Waals surface area contributed by atoms with Crippen LogP contribution in [0.25, 0.3) is 20.8 Å². The number of pyridine rings is 1. The lowest BCUT2D eigenvalue weighted by molar-refractivity contribution is -0.119. The van der Waals surface area contributed by atoms with E-state index in [0.29, 0.717) is 29.8 Å². The molecule has 8 nitrogen and oxygen atoms in total. The maximum Gasteiger partial charge on any atom is 0.230 e. The molecule has 43 heavy (non-hydrogen) atoms. The minimum Gasteiger partial charge on any atom is -0.383 e. The predicted molar refractivity (Wildman–Crippen MR) is 169 cm³/mol. The van der Waals surface area contributed by atoms with E-state index in [4.69, 9.17) is 17.0 Å². The molecule has 5 aromatic rings. The van der Waals surface area contributed by atoms with Crippen molar-refractivity contribution in [1.82, 2.24) is 25.2 Å². The Kier molecular flexibility index (Phi) is 10.2. The highest BCUT2D eigenvalue weighted by molar-refractivity contribution is 7.80. The fraction of sp³-hybridized carbons (Fsp3) is 0.226. The molecule has 0 fully saturated rings. The second-order valence-electron chi connectivity index (χ2n) is 9.82. The van der Waals surface area contributed by atoms with Crippen LogP contribution >= 0.6 is 23.6 Å². The number of benzene rings is 2. The normalized spacial score (nSPS) is 11.1. The van der Waals surface area contributed by atoms with Gasteiger partial charge in [0.05, 0.1) is 40.1 Å². The van der Waals surface area contributed by atoms with Gasteiger partial charge in [-0.25, -0.2) is 13.8 Å². The Balaban J connectivity index is 1.20. The van der Waals surface area contributed by atoms with Crippen LogP contribution in [0, 0.1) is 11.6 Å². The van der Waals surface area contributed by atoms with Gasteiger partial charge in [-0.05, 0) is 65.3 Å². The third kappa shape index (κ3) is 8.26. The SMILES string of the molecule is COCCNCCn1cnc(-c2cc3nccc(Cc4ccc(NC(=S)NC(=O)Cc5ccc(F)cc5)cc4F)c3s2)c1. The Morgan fingerprint density at radius 1 is 1.05 bits per heavy atom. The van der Waals surface area contributed by atoms with Crippen LogP contribution in [0.5, 0.6) is 0 Å². The summed E-state index contributed by atoms with van der Waals surface area (Å²) >= 11 is 6.81. The van der Waals surface area contributed by atoms with E-state index >= 15 is 4.39 Å². The van der Waals surface area contributed by atoms with E-state index in [9.17, 15) is 9.18 Å². The maximum atomic E-state index is 15.2. The second kappa shape index (κ2) is 14.4. The highest BCUT2D eigenvalue weighted by Gasteiger charge is 2.14. The number of methoxy groups -OCH3 is 1. The molecule has 0 aliphatic rings. The number of nitrogens with zero attached hydrogens (tertiary/aromatic N) is 3. The molecule has 0 aliphatic heterocycles. The van der Waals surface area contributed by atoms with Crippen molar-refractivity contribution in [1.29, 1.82) is 0 Å². The third-order valence-electron chi connectivity index (χ3n) is 6.63. The van der Waals surface area contributed by atoms with E-state index in [0.717, 1.165) is 46.0 Å². The molecule has 0 bridgehead atoms. The molecule has 2 aromatic carbocycles. The molecule has 0 unspecified atom stereocenters. The van der Waals surface area contributed by atoms with E-state index < -0.39 is 5.82 Å². The summed E-state index contributed by atoms with van der Waals surface area (Å²) in [5.74, 6) is -1.13. The summed E-state index contributed by atoms with van der Waals surface area (Å²) in [4.78, 5) is 22.4. The second-order valence-corrected chi connectivity index (χ2v) is 11.3. The average molecular weight is 621 g/mol. The Labute approximate surface area is 257 Å². The van der Waals surface area contributed by atoms with Gasteiger partial charge in [0.25, 0.3) is 0 Å². The fourth-order valence-electron chi connectivity index (χ4n) is 4.47. The van der Waals surface area contributed by atoms with Crippen molar-refractivity contribution in [3.63, 3.8) is 0 Å². The number of amides is 1. The van der Waals surface area contributed by atoms with Crippen molar-refractivity contribution in [3.8, 4) is 10.6 Å². The Morgan fingerprint density at radius 3 is 2.67 bits per heavy atom. The van der Waals surface area contributed by atoms with Crippen molar-refractivity contribution in [2.24, 2.45) is 0 Å². The van der Waals surface area contributed by atoms with Gasteiger partial charge < -0.3 is 25.3 Å². The van der Waals surface area contributed by atoms with Gasteiger partial charge in [0, 0.05) is 51.2 Å². The smallest absolute Gasteiger partial charge is 0.230 e. The van der Waals surface area contributed by atoms with Crippen LogP contribution in [0.3, 0.4) is 0 Å². The van der Waals surface area contributed by atoms with Gasteiger partial charge in [-0.1, -0.05) is 18.2 Å². The van der Waals surface area contributed by atoms with Gasteiger partial charge in [0.15, 0.2) is 5.11 Å². The zero-order valence-corrected chi connectivity index (χ0v) is 25.0. The molecule has 0 aliphatic carbocycles. The molecule has 12 heteroatoms. The molecular weight excluding hydrogens is 591 g/mol. The molecule has 0 spiro atoms. The van der Waals surface area contributed by atoms with Crippen molar-refractivity contribution in [3.05, 3.63) is 102 Å². The number of halogens is 2. The minimum absolute atomic E-state index is 0.0366. The van der Waals surface area contributed by atoms with Gasteiger partial charge >= 0.3 is 0 Å². The number of thiocarbonyl (C=S) groups is 1. The van der Waals surface area contributed by atoms with Crippen LogP contribution in [0.4, 0.5) is 14.5 Å². The summed E-state index contributed by atoms with van der Waals surface area (Å²) in [5, 5.41) is 8.78. The first-order valence-electron chi connectivity index (χ1n) is 13.6. The van der Waals surface area contributed by atoms with Crippen molar-refractivity contribution in [2.45, 2.75) is 19.4 Å². The summed E-state index contributed by atoms with van der Waals surface area (Å²) in [6, 6.07) is 14.3. The third-order valence-corrected chi connectivity index (χ3v) is 8.06.